The Bertz CT molecular complexity index is 524. The highest BCUT2D eigenvalue weighted by atomic mass is 35.5. The van der Waals surface area contributed by atoms with Crippen LogP contribution in [0.3, 0.4) is 0 Å². The molecule has 2 rings (SSSR count). The summed E-state index contributed by atoms with van der Waals surface area (Å²) in [6.45, 7) is 3.13. The van der Waals surface area contributed by atoms with Gasteiger partial charge in [0, 0.05) is 22.5 Å². The van der Waals surface area contributed by atoms with E-state index in [2.05, 4.69) is 24.4 Å². The Morgan fingerprint density at radius 1 is 1.21 bits per heavy atom. The Kier molecular flexibility index (Phi) is 5.71. The van der Waals surface area contributed by atoms with Gasteiger partial charge in [-0.3, -0.25) is 0 Å². The zero-order valence-corrected chi connectivity index (χ0v) is 13.2. The molecule has 19 heavy (non-hydrogen) atoms. The molecule has 1 aromatic heterocycles. The van der Waals surface area contributed by atoms with Gasteiger partial charge in [-0.2, -0.15) is 0 Å². The predicted octanol–water partition coefficient (Wildman–Crippen LogP) is 5.34. The molecule has 1 atom stereocenters. The maximum absolute atomic E-state index is 6.04. The number of hydrogen-bond acceptors (Lipinski definition) is 2. The SMILES string of the molecule is CCC(NCCc1ccc(Cl)s1)c1cccc(Cl)c1. The summed E-state index contributed by atoms with van der Waals surface area (Å²) in [5.74, 6) is 0. The van der Waals surface area contributed by atoms with Gasteiger partial charge in [0.15, 0.2) is 0 Å². The van der Waals surface area contributed by atoms with Gasteiger partial charge < -0.3 is 5.32 Å². The molecule has 2 aromatic rings. The van der Waals surface area contributed by atoms with Gasteiger partial charge in [-0.15, -0.1) is 11.3 Å². The number of rotatable bonds is 6. The largest absolute Gasteiger partial charge is 0.310 e. The minimum absolute atomic E-state index is 0.356. The van der Waals surface area contributed by atoms with Crippen LogP contribution in [-0.2, 0) is 6.42 Å². The molecule has 1 unspecified atom stereocenters. The Hall–Kier alpha value is -0.540. The van der Waals surface area contributed by atoms with E-state index in [0.29, 0.717) is 6.04 Å². The summed E-state index contributed by atoms with van der Waals surface area (Å²) in [4.78, 5) is 1.32. The summed E-state index contributed by atoms with van der Waals surface area (Å²) in [5.41, 5.74) is 1.25. The Labute approximate surface area is 128 Å². The van der Waals surface area contributed by atoms with Crippen molar-refractivity contribution in [1.82, 2.24) is 5.32 Å². The third-order valence-electron chi connectivity index (χ3n) is 3.05. The first-order chi connectivity index (χ1) is 9.19. The average molecular weight is 314 g/mol. The molecular formula is C15H17Cl2NS. The fraction of sp³-hybridized carbons (Fsp3) is 0.333. The number of benzene rings is 1. The molecule has 1 nitrogen and oxygen atoms in total. The van der Waals surface area contributed by atoms with Gasteiger partial charge in [-0.05, 0) is 42.7 Å². The third-order valence-corrected chi connectivity index (χ3v) is 4.58. The lowest BCUT2D eigenvalue weighted by atomic mass is 10.0. The zero-order valence-electron chi connectivity index (χ0n) is 10.8. The molecule has 0 aliphatic rings. The van der Waals surface area contributed by atoms with Crippen molar-refractivity contribution in [2.75, 3.05) is 6.54 Å². The summed E-state index contributed by atoms with van der Waals surface area (Å²) in [6.07, 6.45) is 2.06. The standard InChI is InChI=1S/C15H17Cl2NS/c1-2-14(11-4-3-5-12(16)10-11)18-9-8-13-6-7-15(17)19-13/h3-7,10,14,18H,2,8-9H2,1H3. The highest BCUT2D eigenvalue weighted by Crippen LogP contribution is 2.23. The monoisotopic (exact) mass is 313 g/mol. The molecule has 0 aliphatic heterocycles. The van der Waals surface area contributed by atoms with E-state index in [1.54, 1.807) is 11.3 Å². The van der Waals surface area contributed by atoms with E-state index in [4.69, 9.17) is 23.2 Å². The van der Waals surface area contributed by atoms with Gasteiger partial charge in [0.05, 0.1) is 4.34 Å². The first-order valence-electron chi connectivity index (χ1n) is 6.42. The summed E-state index contributed by atoms with van der Waals surface area (Å²) in [6, 6.07) is 12.5. The van der Waals surface area contributed by atoms with E-state index >= 15 is 0 Å². The van der Waals surface area contributed by atoms with Crippen LogP contribution >= 0.6 is 34.5 Å². The van der Waals surface area contributed by atoms with Crippen LogP contribution < -0.4 is 5.32 Å². The normalized spacial score (nSPS) is 12.6. The van der Waals surface area contributed by atoms with Crippen molar-refractivity contribution < 1.29 is 0 Å². The molecule has 0 bridgehead atoms. The van der Waals surface area contributed by atoms with Crippen molar-refractivity contribution in [3.05, 3.63) is 56.2 Å². The number of hydrogen-bond donors (Lipinski definition) is 1. The maximum Gasteiger partial charge on any atom is 0.0931 e. The highest BCUT2D eigenvalue weighted by molar-refractivity contribution is 7.16. The fourth-order valence-electron chi connectivity index (χ4n) is 2.08. The van der Waals surface area contributed by atoms with Gasteiger partial charge in [-0.25, -0.2) is 0 Å². The van der Waals surface area contributed by atoms with Gasteiger partial charge >= 0.3 is 0 Å². The second-order valence-corrected chi connectivity index (χ2v) is 6.66. The van der Waals surface area contributed by atoms with E-state index in [9.17, 15) is 0 Å². The Morgan fingerprint density at radius 2 is 2.05 bits per heavy atom. The molecule has 0 radical (unpaired) electrons. The van der Waals surface area contributed by atoms with Crippen LogP contribution in [0.5, 0.6) is 0 Å². The van der Waals surface area contributed by atoms with Crippen LogP contribution in [0.1, 0.15) is 29.8 Å². The lowest BCUT2D eigenvalue weighted by molar-refractivity contribution is 0.524. The number of halogens is 2. The summed E-state index contributed by atoms with van der Waals surface area (Å²) in [7, 11) is 0. The molecule has 0 saturated carbocycles. The van der Waals surface area contributed by atoms with Gasteiger partial charge in [0.25, 0.3) is 0 Å². The van der Waals surface area contributed by atoms with Crippen LogP contribution in [-0.4, -0.2) is 6.54 Å². The quantitative estimate of drug-likeness (QED) is 0.759. The molecule has 0 spiro atoms. The predicted molar refractivity (Wildman–Crippen MR) is 85.5 cm³/mol. The van der Waals surface area contributed by atoms with Crippen molar-refractivity contribution in [1.29, 1.82) is 0 Å². The first kappa shape index (κ1) is 14.9. The van der Waals surface area contributed by atoms with E-state index in [1.165, 1.54) is 10.4 Å². The van der Waals surface area contributed by atoms with Gasteiger partial charge in [0.1, 0.15) is 0 Å². The maximum atomic E-state index is 6.04. The second-order valence-electron chi connectivity index (χ2n) is 4.43. The van der Waals surface area contributed by atoms with Gasteiger partial charge in [-0.1, -0.05) is 42.3 Å². The molecular weight excluding hydrogens is 297 g/mol. The average Bonchev–Trinajstić information content (AvgIpc) is 2.80. The zero-order chi connectivity index (χ0) is 13.7. The number of thiophene rings is 1. The molecule has 102 valence electrons. The topological polar surface area (TPSA) is 12.0 Å². The summed E-state index contributed by atoms with van der Waals surface area (Å²) < 4.78 is 0.858. The van der Waals surface area contributed by atoms with Crippen LogP contribution in [0.15, 0.2) is 36.4 Å². The number of nitrogens with one attached hydrogen (secondary N) is 1. The highest BCUT2D eigenvalue weighted by Gasteiger charge is 2.09. The molecule has 4 heteroatoms. The molecule has 0 saturated heterocycles. The van der Waals surface area contributed by atoms with E-state index < -0.39 is 0 Å². The van der Waals surface area contributed by atoms with Crippen molar-refractivity contribution in [3.63, 3.8) is 0 Å². The smallest absolute Gasteiger partial charge is 0.0931 e. The van der Waals surface area contributed by atoms with E-state index in [1.807, 2.05) is 24.3 Å². The van der Waals surface area contributed by atoms with Crippen LogP contribution in [0.4, 0.5) is 0 Å². The molecule has 1 aromatic carbocycles. The van der Waals surface area contributed by atoms with Crippen molar-refractivity contribution in [2.24, 2.45) is 0 Å². The summed E-state index contributed by atoms with van der Waals surface area (Å²) >= 11 is 13.6. The third kappa shape index (κ3) is 4.50. The van der Waals surface area contributed by atoms with Crippen LogP contribution in [0.25, 0.3) is 0 Å². The van der Waals surface area contributed by atoms with E-state index in [-0.39, 0.29) is 0 Å². The minimum atomic E-state index is 0.356. The molecule has 1 N–H and O–H groups in total. The lowest BCUT2D eigenvalue weighted by Crippen LogP contribution is -2.23. The molecule has 0 fully saturated rings. The fourth-order valence-corrected chi connectivity index (χ4v) is 3.36. The summed E-state index contributed by atoms with van der Waals surface area (Å²) in [5, 5.41) is 4.37. The van der Waals surface area contributed by atoms with Crippen LogP contribution in [0.2, 0.25) is 9.36 Å². The lowest BCUT2D eigenvalue weighted by Gasteiger charge is -2.17. The second kappa shape index (κ2) is 7.30. The first-order valence-corrected chi connectivity index (χ1v) is 7.99. The van der Waals surface area contributed by atoms with Crippen molar-refractivity contribution in [2.45, 2.75) is 25.8 Å². The van der Waals surface area contributed by atoms with Crippen molar-refractivity contribution in [3.8, 4) is 0 Å². The molecule has 0 aliphatic carbocycles. The Balaban J connectivity index is 1.89. The van der Waals surface area contributed by atoms with Crippen LogP contribution in [0, 0.1) is 0 Å². The molecule has 1 heterocycles. The Morgan fingerprint density at radius 3 is 2.68 bits per heavy atom. The van der Waals surface area contributed by atoms with Gasteiger partial charge in [0.2, 0.25) is 0 Å². The van der Waals surface area contributed by atoms with Crippen molar-refractivity contribution >= 4 is 34.5 Å². The molecule has 0 amide bonds. The van der Waals surface area contributed by atoms with E-state index in [0.717, 1.165) is 28.7 Å². The minimum Gasteiger partial charge on any atom is -0.310 e.